The van der Waals surface area contributed by atoms with Gasteiger partial charge >= 0.3 is 0 Å². The van der Waals surface area contributed by atoms with Crippen molar-refractivity contribution in [3.05, 3.63) is 121 Å². The Bertz CT molecular complexity index is 831. The summed E-state index contributed by atoms with van der Waals surface area (Å²) in [5, 5.41) is 5.98. The molecule has 4 unspecified atom stereocenters. The minimum Gasteiger partial charge on any atom is -0.0904 e. The molecule has 0 N–H and O–H groups in total. The first kappa shape index (κ1) is 30.3. The van der Waals surface area contributed by atoms with Crippen molar-refractivity contribution in [1.29, 1.82) is 0 Å². The van der Waals surface area contributed by atoms with Crippen LogP contribution in [0.3, 0.4) is 0 Å². The van der Waals surface area contributed by atoms with Gasteiger partial charge in [-0.25, -0.2) is 0 Å². The summed E-state index contributed by atoms with van der Waals surface area (Å²) in [5.41, 5.74) is 0. The zero-order valence-corrected chi connectivity index (χ0v) is 25.1. The van der Waals surface area contributed by atoms with E-state index in [1.807, 2.05) is 0 Å². The molecule has 0 aliphatic carbocycles. The Morgan fingerprint density at radius 2 is 0.514 bits per heavy atom. The summed E-state index contributed by atoms with van der Waals surface area (Å²) in [7, 11) is 3.91. The van der Waals surface area contributed by atoms with Crippen molar-refractivity contribution in [2.75, 3.05) is 24.6 Å². The Hall–Kier alpha value is -0.906. The van der Waals surface area contributed by atoms with Gasteiger partial charge in [0.15, 0.2) is 0 Å². The topological polar surface area (TPSA) is 0 Å². The molecule has 0 spiro atoms. The fraction of sp³-hybridized carbons (Fsp3) is 0.200. The molecule has 35 heavy (non-hydrogen) atoms. The zero-order chi connectivity index (χ0) is 23.5. The largest absolute Gasteiger partial charge is 0.0904 e. The molecule has 0 nitrogen and oxygen atoms in total. The Balaban J connectivity index is 0.000000240. The number of hydrogen-bond donors (Lipinski definition) is 0. The first-order valence-electron chi connectivity index (χ1n) is 12.1. The normalized spacial score (nSPS) is 11.4. The Morgan fingerprint density at radius 1 is 0.314 bits per heavy atom. The van der Waals surface area contributed by atoms with Gasteiger partial charge in [-0.15, -0.1) is 0 Å². The third-order valence-electron chi connectivity index (χ3n) is 5.12. The standard InChI is InChI=1S/2C15H18P2.Ni/c2*1-3-8-14(9-4-1)16-12-7-13-17-15-10-5-2-6-11-15;/h2*1-6,8-11,16-17H,7,12-13H2;. The van der Waals surface area contributed by atoms with Crippen molar-refractivity contribution in [3.63, 3.8) is 0 Å². The molecule has 4 aromatic carbocycles. The molecule has 0 bridgehead atoms. The molecule has 186 valence electrons. The van der Waals surface area contributed by atoms with Crippen LogP contribution >= 0.6 is 34.3 Å². The third-order valence-corrected chi connectivity index (χ3v) is 10.5. The molecule has 4 atom stereocenters. The van der Waals surface area contributed by atoms with E-state index in [0.29, 0.717) is 0 Å². The molecule has 0 saturated carbocycles. The number of hydrogen-bond acceptors (Lipinski definition) is 0. The van der Waals surface area contributed by atoms with E-state index in [0.717, 1.165) is 34.3 Å². The summed E-state index contributed by atoms with van der Waals surface area (Å²) in [6.07, 6.45) is 8.04. The van der Waals surface area contributed by atoms with E-state index < -0.39 is 0 Å². The first-order valence-corrected chi connectivity index (χ1v) is 16.9. The van der Waals surface area contributed by atoms with Gasteiger partial charge in [-0.3, -0.25) is 0 Å². The Labute approximate surface area is 230 Å². The van der Waals surface area contributed by atoms with Gasteiger partial charge in [0.1, 0.15) is 0 Å². The number of rotatable bonds is 12. The van der Waals surface area contributed by atoms with E-state index in [2.05, 4.69) is 121 Å². The maximum absolute atomic E-state index is 2.23. The molecule has 0 aliphatic heterocycles. The first-order chi connectivity index (χ1) is 16.9. The van der Waals surface area contributed by atoms with Crippen LogP contribution in [0.15, 0.2) is 121 Å². The van der Waals surface area contributed by atoms with E-state index >= 15 is 0 Å². The average molecular weight is 579 g/mol. The van der Waals surface area contributed by atoms with Gasteiger partial charge in [0.2, 0.25) is 0 Å². The van der Waals surface area contributed by atoms with Gasteiger partial charge in [-0.1, -0.05) is 156 Å². The predicted molar refractivity (Wildman–Crippen MR) is 166 cm³/mol. The van der Waals surface area contributed by atoms with Crippen molar-refractivity contribution in [3.8, 4) is 0 Å². The van der Waals surface area contributed by atoms with Gasteiger partial charge in [0.25, 0.3) is 0 Å². The molecule has 0 aromatic heterocycles. The van der Waals surface area contributed by atoms with E-state index in [1.165, 1.54) is 58.7 Å². The van der Waals surface area contributed by atoms with E-state index in [9.17, 15) is 0 Å². The maximum atomic E-state index is 2.23. The van der Waals surface area contributed by atoms with Gasteiger partial charge in [-0.2, -0.15) is 0 Å². The Morgan fingerprint density at radius 3 is 0.714 bits per heavy atom. The third kappa shape index (κ3) is 14.4. The van der Waals surface area contributed by atoms with Gasteiger partial charge in [0, 0.05) is 16.5 Å². The van der Waals surface area contributed by atoms with Crippen molar-refractivity contribution >= 4 is 55.5 Å². The molecule has 0 fully saturated rings. The van der Waals surface area contributed by atoms with Crippen LogP contribution in [-0.2, 0) is 16.5 Å². The summed E-state index contributed by atoms with van der Waals surface area (Å²) < 4.78 is 0. The molecule has 0 aliphatic rings. The van der Waals surface area contributed by atoms with Crippen LogP contribution in [0.25, 0.3) is 0 Å². The number of benzene rings is 4. The van der Waals surface area contributed by atoms with Crippen molar-refractivity contribution in [1.82, 2.24) is 0 Å². The summed E-state index contributed by atoms with van der Waals surface area (Å²) >= 11 is 0. The summed E-state index contributed by atoms with van der Waals surface area (Å²) in [4.78, 5) is 0. The van der Waals surface area contributed by atoms with Crippen molar-refractivity contribution in [2.24, 2.45) is 0 Å². The molecular formula is C30H36NiP4. The van der Waals surface area contributed by atoms with E-state index in [-0.39, 0.29) is 16.5 Å². The van der Waals surface area contributed by atoms with Crippen LogP contribution in [0.2, 0.25) is 0 Å². The molecule has 0 radical (unpaired) electrons. The zero-order valence-electron chi connectivity index (χ0n) is 20.1. The summed E-state index contributed by atoms with van der Waals surface area (Å²) in [5.74, 6) is 0. The van der Waals surface area contributed by atoms with E-state index in [1.54, 1.807) is 0 Å². The van der Waals surface area contributed by atoms with Crippen LogP contribution in [0.5, 0.6) is 0 Å². The molecular weight excluding hydrogens is 543 g/mol. The van der Waals surface area contributed by atoms with Crippen molar-refractivity contribution in [2.45, 2.75) is 12.8 Å². The van der Waals surface area contributed by atoms with Gasteiger partial charge in [-0.05, 0) is 58.7 Å². The molecule has 0 heterocycles. The van der Waals surface area contributed by atoms with E-state index in [4.69, 9.17) is 0 Å². The SMILES string of the molecule is [Ni].c1ccc(PCCCPc2ccccc2)cc1.c1ccc(PCCCPc2ccccc2)cc1. The molecule has 5 heteroatoms. The van der Waals surface area contributed by atoms with Crippen LogP contribution in [0.1, 0.15) is 12.8 Å². The van der Waals surface area contributed by atoms with Gasteiger partial charge < -0.3 is 0 Å². The summed E-state index contributed by atoms with van der Waals surface area (Å²) in [6.45, 7) is 0. The van der Waals surface area contributed by atoms with Crippen LogP contribution in [0.4, 0.5) is 0 Å². The fourth-order valence-electron chi connectivity index (χ4n) is 3.33. The second-order valence-electron chi connectivity index (χ2n) is 7.88. The van der Waals surface area contributed by atoms with Crippen LogP contribution < -0.4 is 21.2 Å². The average Bonchev–Trinajstić information content (AvgIpc) is 2.91. The maximum Gasteiger partial charge on any atom is 0 e. The molecule has 0 saturated heterocycles. The van der Waals surface area contributed by atoms with Crippen LogP contribution in [-0.4, -0.2) is 24.6 Å². The molecule has 0 amide bonds. The second kappa shape index (κ2) is 20.2. The van der Waals surface area contributed by atoms with Crippen LogP contribution in [0, 0.1) is 0 Å². The van der Waals surface area contributed by atoms with Crippen molar-refractivity contribution < 1.29 is 16.5 Å². The molecule has 4 rings (SSSR count). The summed E-state index contributed by atoms with van der Waals surface area (Å²) in [6, 6.07) is 43.3. The fourth-order valence-corrected chi connectivity index (χ4v) is 8.32. The smallest absolute Gasteiger partial charge is 0 e. The quantitative estimate of drug-likeness (QED) is 0.0989. The minimum absolute atomic E-state index is 0. The van der Waals surface area contributed by atoms with Gasteiger partial charge in [0.05, 0.1) is 0 Å². The molecule has 4 aromatic rings. The second-order valence-corrected chi connectivity index (χ2v) is 13.6. The predicted octanol–water partition coefficient (Wildman–Crippen LogP) is 6.77. The minimum atomic E-state index is 0. The monoisotopic (exact) mass is 578 g/mol. The Kier molecular flexibility index (Phi) is 17.5.